The molecule has 0 amide bonds. The van der Waals surface area contributed by atoms with E-state index in [0.29, 0.717) is 13.2 Å². The molecule has 0 aromatic carbocycles. The number of ether oxygens (including phenoxy) is 1. The van der Waals surface area contributed by atoms with E-state index in [2.05, 4.69) is 10.4 Å². The Labute approximate surface area is 95.6 Å². The molecular weight excluding hydrogens is 214 g/mol. The van der Waals surface area contributed by atoms with Crippen molar-refractivity contribution in [3.05, 3.63) is 16.4 Å². The largest absolute Gasteiger partial charge is 0.374 e. The molecule has 0 aliphatic carbocycles. The maximum Gasteiger partial charge on any atom is 0.0900 e. The SMILES string of the molecule is CCn1nc(C)c(Cl)c1COCCNC. The summed E-state index contributed by atoms with van der Waals surface area (Å²) in [6, 6.07) is 0. The Bertz CT molecular complexity index is 312. The molecule has 0 saturated heterocycles. The van der Waals surface area contributed by atoms with Gasteiger partial charge in [0.2, 0.25) is 0 Å². The zero-order valence-corrected chi connectivity index (χ0v) is 10.3. The van der Waals surface area contributed by atoms with Crippen LogP contribution in [0.2, 0.25) is 5.02 Å². The molecule has 1 aromatic heterocycles. The van der Waals surface area contributed by atoms with Crippen molar-refractivity contribution in [2.45, 2.75) is 27.0 Å². The smallest absolute Gasteiger partial charge is 0.0900 e. The van der Waals surface area contributed by atoms with Crippen LogP contribution in [0.3, 0.4) is 0 Å². The van der Waals surface area contributed by atoms with Crippen LogP contribution >= 0.6 is 11.6 Å². The number of hydrogen-bond donors (Lipinski definition) is 1. The van der Waals surface area contributed by atoms with E-state index < -0.39 is 0 Å². The van der Waals surface area contributed by atoms with E-state index >= 15 is 0 Å². The van der Waals surface area contributed by atoms with Gasteiger partial charge in [-0.15, -0.1) is 0 Å². The summed E-state index contributed by atoms with van der Waals surface area (Å²) in [6.45, 7) is 6.82. The van der Waals surface area contributed by atoms with Crippen molar-refractivity contribution >= 4 is 11.6 Å². The lowest BCUT2D eigenvalue weighted by molar-refractivity contribution is 0.118. The summed E-state index contributed by atoms with van der Waals surface area (Å²) in [4.78, 5) is 0. The van der Waals surface area contributed by atoms with Crippen molar-refractivity contribution in [2.75, 3.05) is 20.2 Å². The molecule has 0 unspecified atom stereocenters. The minimum absolute atomic E-state index is 0.523. The van der Waals surface area contributed by atoms with E-state index in [-0.39, 0.29) is 0 Å². The summed E-state index contributed by atoms with van der Waals surface area (Å²) in [5, 5.41) is 8.06. The van der Waals surface area contributed by atoms with Gasteiger partial charge in [-0.1, -0.05) is 11.6 Å². The minimum atomic E-state index is 0.523. The second kappa shape index (κ2) is 6.10. The number of nitrogens with zero attached hydrogens (tertiary/aromatic N) is 2. The average molecular weight is 232 g/mol. The first-order valence-corrected chi connectivity index (χ1v) is 5.52. The fraction of sp³-hybridized carbons (Fsp3) is 0.700. The van der Waals surface area contributed by atoms with Crippen molar-refractivity contribution < 1.29 is 4.74 Å². The van der Waals surface area contributed by atoms with Crippen molar-refractivity contribution in [3.63, 3.8) is 0 Å². The van der Waals surface area contributed by atoms with Gasteiger partial charge >= 0.3 is 0 Å². The molecule has 0 aliphatic heterocycles. The lowest BCUT2D eigenvalue weighted by atomic mass is 10.4. The summed E-state index contributed by atoms with van der Waals surface area (Å²) >= 11 is 6.13. The van der Waals surface area contributed by atoms with E-state index in [1.165, 1.54) is 0 Å². The molecule has 0 atom stereocenters. The van der Waals surface area contributed by atoms with Crippen molar-refractivity contribution in [3.8, 4) is 0 Å². The number of hydrogen-bond acceptors (Lipinski definition) is 3. The summed E-state index contributed by atoms with van der Waals surface area (Å²) in [5.41, 5.74) is 1.83. The third-order valence-electron chi connectivity index (χ3n) is 2.19. The lowest BCUT2D eigenvalue weighted by Crippen LogP contribution is -2.15. The fourth-order valence-electron chi connectivity index (χ4n) is 1.35. The number of aromatic nitrogens is 2. The molecule has 0 fully saturated rings. The van der Waals surface area contributed by atoms with Gasteiger partial charge in [0.25, 0.3) is 0 Å². The molecule has 15 heavy (non-hydrogen) atoms. The fourth-order valence-corrected chi connectivity index (χ4v) is 1.54. The highest BCUT2D eigenvalue weighted by Gasteiger charge is 2.11. The third kappa shape index (κ3) is 3.19. The number of rotatable bonds is 6. The number of likely N-dealkylation sites (N-methyl/N-ethyl adjacent to an activating group) is 1. The monoisotopic (exact) mass is 231 g/mol. The first-order chi connectivity index (χ1) is 7.20. The Balaban J connectivity index is 2.58. The highest BCUT2D eigenvalue weighted by atomic mass is 35.5. The molecule has 4 nitrogen and oxygen atoms in total. The Hall–Kier alpha value is -0.580. The molecule has 86 valence electrons. The molecule has 5 heteroatoms. The van der Waals surface area contributed by atoms with Crippen LogP contribution in [0.25, 0.3) is 0 Å². The topological polar surface area (TPSA) is 39.1 Å². The van der Waals surface area contributed by atoms with Gasteiger partial charge in [-0.3, -0.25) is 4.68 Å². The van der Waals surface area contributed by atoms with Crippen molar-refractivity contribution in [1.29, 1.82) is 0 Å². The molecule has 0 saturated carbocycles. The zero-order valence-electron chi connectivity index (χ0n) is 9.51. The Morgan fingerprint density at radius 1 is 1.53 bits per heavy atom. The Morgan fingerprint density at radius 2 is 2.27 bits per heavy atom. The highest BCUT2D eigenvalue weighted by Crippen LogP contribution is 2.20. The van der Waals surface area contributed by atoms with Crippen LogP contribution in [0.5, 0.6) is 0 Å². The van der Waals surface area contributed by atoms with Gasteiger partial charge in [0.15, 0.2) is 0 Å². The highest BCUT2D eigenvalue weighted by molar-refractivity contribution is 6.31. The Kier molecular flexibility index (Phi) is 5.08. The predicted molar refractivity (Wildman–Crippen MR) is 61.2 cm³/mol. The van der Waals surface area contributed by atoms with Crippen molar-refractivity contribution in [2.24, 2.45) is 0 Å². The van der Waals surface area contributed by atoms with Crippen molar-refractivity contribution in [1.82, 2.24) is 15.1 Å². The van der Waals surface area contributed by atoms with Crippen LogP contribution in [0.4, 0.5) is 0 Å². The molecule has 0 spiro atoms. The first-order valence-electron chi connectivity index (χ1n) is 5.14. The van der Waals surface area contributed by atoms with E-state index in [1.54, 1.807) is 0 Å². The number of aryl methyl sites for hydroxylation is 2. The second-order valence-corrected chi connectivity index (χ2v) is 3.70. The third-order valence-corrected chi connectivity index (χ3v) is 2.68. The van der Waals surface area contributed by atoms with Crippen LogP contribution in [-0.2, 0) is 17.9 Å². The van der Waals surface area contributed by atoms with Gasteiger partial charge in [0, 0.05) is 13.1 Å². The normalized spacial score (nSPS) is 10.9. The molecule has 1 N–H and O–H groups in total. The minimum Gasteiger partial charge on any atom is -0.374 e. The first kappa shape index (κ1) is 12.5. The molecular formula is C10H18ClN3O. The second-order valence-electron chi connectivity index (χ2n) is 3.32. The molecule has 0 radical (unpaired) electrons. The molecule has 1 rings (SSSR count). The van der Waals surface area contributed by atoms with Crippen LogP contribution in [0.15, 0.2) is 0 Å². The van der Waals surface area contributed by atoms with Gasteiger partial charge in [0.05, 0.1) is 29.6 Å². The summed E-state index contributed by atoms with van der Waals surface area (Å²) in [5.74, 6) is 0. The molecule has 0 bridgehead atoms. The van der Waals surface area contributed by atoms with Gasteiger partial charge in [0.1, 0.15) is 0 Å². The van der Waals surface area contributed by atoms with Gasteiger partial charge in [-0.05, 0) is 20.9 Å². The lowest BCUT2D eigenvalue weighted by Gasteiger charge is -2.06. The van der Waals surface area contributed by atoms with Gasteiger partial charge in [-0.2, -0.15) is 5.10 Å². The van der Waals surface area contributed by atoms with E-state index in [1.807, 2.05) is 25.6 Å². The predicted octanol–water partition coefficient (Wildman–Crippen LogP) is 1.60. The molecule has 0 aliphatic rings. The van der Waals surface area contributed by atoms with Crippen LogP contribution in [-0.4, -0.2) is 30.0 Å². The quantitative estimate of drug-likeness (QED) is 0.756. The zero-order chi connectivity index (χ0) is 11.3. The number of nitrogens with one attached hydrogen (secondary N) is 1. The van der Waals surface area contributed by atoms with Crippen LogP contribution < -0.4 is 5.32 Å². The van der Waals surface area contributed by atoms with E-state index in [4.69, 9.17) is 16.3 Å². The molecule has 1 heterocycles. The van der Waals surface area contributed by atoms with E-state index in [0.717, 1.165) is 29.5 Å². The maximum atomic E-state index is 6.13. The van der Waals surface area contributed by atoms with Gasteiger partial charge in [-0.25, -0.2) is 0 Å². The summed E-state index contributed by atoms with van der Waals surface area (Å²) in [7, 11) is 1.90. The summed E-state index contributed by atoms with van der Waals surface area (Å²) < 4.78 is 7.37. The Morgan fingerprint density at radius 3 is 2.87 bits per heavy atom. The molecule has 1 aromatic rings. The van der Waals surface area contributed by atoms with Crippen LogP contribution in [0.1, 0.15) is 18.3 Å². The standard InChI is InChI=1S/C10H18ClN3O/c1-4-14-9(7-15-6-5-12-3)10(11)8(2)13-14/h12H,4-7H2,1-3H3. The van der Waals surface area contributed by atoms with Gasteiger partial charge < -0.3 is 10.1 Å². The van der Waals surface area contributed by atoms with E-state index in [9.17, 15) is 0 Å². The van der Waals surface area contributed by atoms with Crippen LogP contribution in [0, 0.1) is 6.92 Å². The number of halogens is 1. The average Bonchev–Trinajstić information content (AvgIpc) is 2.51. The summed E-state index contributed by atoms with van der Waals surface area (Å²) in [6.07, 6.45) is 0. The maximum absolute atomic E-state index is 6.13.